The van der Waals surface area contributed by atoms with Crippen LogP contribution in [-0.2, 0) is 14.0 Å². The summed E-state index contributed by atoms with van der Waals surface area (Å²) >= 11 is 0. The average Bonchev–Trinajstić information content (AvgIpc) is 3.31. The Morgan fingerprint density at radius 2 is 1.83 bits per heavy atom. The third kappa shape index (κ3) is 3.22. The van der Waals surface area contributed by atoms with Gasteiger partial charge in [0.25, 0.3) is 0 Å². The first-order valence-electron chi connectivity index (χ1n) is 8.33. The Hall–Kier alpha value is -1.77. The second kappa shape index (κ2) is 5.95. The van der Waals surface area contributed by atoms with Crippen LogP contribution >= 0.6 is 0 Å². The SMILES string of the molecule is COC(=O)c1ccc(B2OC(C)(C)C(C)(C)O2)c(C#CC2CC2)c1. The van der Waals surface area contributed by atoms with Crippen molar-refractivity contribution in [2.24, 2.45) is 5.92 Å². The smallest absolute Gasteiger partial charge is 0.465 e. The van der Waals surface area contributed by atoms with Crippen molar-refractivity contribution in [1.29, 1.82) is 0 Å². The zero-order valence-corrected chi connectivity index (χ0v) is 14.9. The normalized spacial score (nSPS) is 21.1. The summed E-state index contributed by atoms with van der Waals surface area (Å²) in [5.74, 6) is 6.56. The minimum absolute atomic E-state index is 0.370. The molecule has 0 atom stereocenters. The van der Waals surface area contributed by atoms with Gasteiger partial charge < -0.3 is 14.0 Å². The fraction of sp³-hybridized carbons (Fsp3) is 0.526. The van der Waals surface area contributed by atoms with Gasteiger partial charge >= 0.3 is 13.1 Å². The van der Waals surface area contributed by atoms with Gasteiger partial charge in [0.1, 0.15) is 0 Å². The van der Waals surface area contributed by atoms with Gasteiger partial charge in [0.05, 0.1) is 23.9 Å². The molecule has 0 amide bonds. The Morgan fingerprint density at radius 1 is 1.21 bits per heavy atom. The van der Waals surface area contributed by atoms with Crippen LogP contribution in [0.25, 0.3) is 0 Å². The quantitative estimate of drug-likeness (QED) is 0.476. The highest BCUT2D eigenvalue weighted by Gasteiger charge is 2.52. The Kier molecular flexibility index (Phi) is 4.23. The maximum atomic E-state index is 11.8. The molecule has 0 aromatic heterocycles. The number of carbonyl (C=O) groups is 1. The van der Waals surface area contributed by atoms with Crippen LogP contribution in [0.5, 0.6) is 0 Å². The molecule has 1 saturated heterocycles. The molecular formula is C19H23BO4. The highest BCUT2D eigenvalue weighted by Crippen LogP contribution is 2.36. The molecule has 0 radical (unpaired) electrons. The van der Waals surface area contributed by atoms with Crippen LogP contribution in [0.15, 0.2) is 18.2 Å². The van der Waals surface area contributed by atoms with Gasteiger partial charge in [0.15, 0.2) is 0 Å². The van der Waals surface area contributed by atoms with Gasteiger partial charge in [-0.05, 0) is 58.1 Å². The van der Waals surface area contributed by atoms with Gasteiger partial charge in [0, 0.05) is 11.5 Å². The first-order valence-corrected chi connectivity index (χ1v) is 8.33. The lowest BCUT2D eigenvalue weighted by Crippen LogP contribution is -2.41. The number of carbonyl (C=O) groups excluding carboxylic acids is 1. The van der Waals surface area contributed by atoms with Gasteiger partial charge in [-0.3, -0.25) is 0 Å². The molecule has 1 aliphatic heterocycles. The number of ether oxygens (including phenoxy) is 1. The van der Waals surface area contributed by atoms with E-state index in [9.17, 15) is 4.79 Å². The van der Waals surface area contributed by atoms with E-state index in [4.69, 9.17) is 14.0 Å². The molecule has 0 spiro atoms. The Bertz CT molecular complexity index is 707. The highest BCUT2D eigenvalue weighted by atomic mass is 16.7. The molecule has 5 heteroatoms. The summed E-state index contributed by atoms with van der Waals surface area (Å²) < 4.78 is 17.1. The molecule has 126 valence electrons. The van der Waals surface area contributed by atoms with E-state index in [1.54, 1.807) is 12.1 Å². The fourth-order valence-corrected chi connectivity index (χ4v) is 2.49. The third-order valence-electron chi connectivity index (χ3n) is 4.97. The van der Waals surface area contributed by atoms with Crippen molar-refractivity contribution in [3.05, 3.63) is 29.3 Å². The number of benzene rings is 1. The molecule has 1 aromatic carbocycles. The predicted molar refractivity (Wildman–Crippen MR) is 93.1 cm³/mol. The lowest BCUT2D eigenvalue weighted by molar-refractivity contribution is 0.00578. The monoisotopic (exact) mass is 326 g/mol. The molecule has 2 fully saturated rings. The summed E-state index contributed by atoms with van der Waals surface area (Å²) in [6.07, 6.45) is 2.30. The van der Waals surface area contributed by atoms with E-state index < -0.39 is 18.3 Å². The van der Waals surface area contributed by atoms with E-state index in [1.165, 1.54) is 7.11 Å². The van der Waals surface area contributed by atoms with Crippen LogP contribution in [0, 0.1) is 17.8 Å². The van der Waals surface area contributed by atoms with Crippen LogP contribution in [0.2, 0.25) is 0 Å². The molecule has 2 aliphatic rings. The van der Waals surface area contributed by atoms with Crippen LogP contribution in [0.1, 0.15) is 56.5 Å². The van der Waals surface area contributed by atoms with Crippen molar-refractivity contribution in [3.8, 4) is 11.8 Å². The highest BCUT2D eigenvalue weighted by molar-refractivity contribution is 6.62. The lowest BCUT2D eigenvalue weighted by Gasteiger charge is -2.32. The molecule has 0 N–H and O–H groups in total. The molecule has 4 nitrogen and oxygen atoms in total. The van der Waals surface area contributed by atoms with E-state index in [0.29, 0.717) is 11.5 Å². The van der Waals surface area contributed by atoms with Gasteiger partial charge in [-0.2, -0.15) is 0 Å². The summed E-state index contributed by atoms with van der Waals surface area (Å²) in [6.45, 7) is 8.08. The van der Waals surface area contributed by atoms with E-state index in [0.717, 1.165) is 23.9 Å². The number of esters is 1. The molecule has 0 bridgehead atoms. The maximum absolute atomic E-state index is 11.8. The number of rotatable bonds is 2. The van der Waals surface area contributed by atoms with E-state index in [-0.39, 0.29) is 5.97 Å². The first-order chi connectivity index (χ1) is 11.2. The van der Waals surface area contributed by atoms with Crippen LogP contribution < -0.4 is 5.46 Å². The van der Waals surface area contributed by atoms with E-state index >= 15 is 0 Å². The molecule has 1 aromatic rings. The Balaban J connectivity index is 1.98. The molecule has 3 rings (SSSR count). The van der Waals surface area contributed by atoms with Crippen molar-refractivity contribution >= 4 is 18.6 Å². The van der Waals surface area contributed by atoms with E-state index in [1.807, 2.05) is 33.8 Å². The second-order valence-corrected chi connectivity index (χ2v) is 7.43. The van der Waals surface area contributed by atoms with Crippen LogP contribution in [-0.4, -0.2) is 31.4 Å². The molecule has 1 aliphatic carbocycles. The van der Waals surface area contributed by atoms with Gasteiger partial charge in [-0.15, -0.1) is 0 Å². The lowest BCUT2D eigenvalue weighted by atomic mass is 9.75. The maximum Gasteiger partial charge on any atom is 0.496 e. The molecule has 1 saturated carbocycles. The summed E-state index contributed by atoms with van der Waals surface area (Å²) in [4.78, 5) is 11.8. The van der Waals surface area contributed by atoms with Crippen molar-refractivity contribution < 1.29 is 18.8 Å². The fourth-order valence-electron chi connectivity index (χ4n) is 2.49. The standard InChI is InChI=1S/C19H23BO4/c1-18(2)19(3,4)24-20(23-18)16-11-10-15(17(21)22-5)12-14(16)9-8-13-6-7-13/h10-13H,6-7H2,1-5H3. The average molecular weight is 326 g/mol. The largest absolute Gasteiger partial charge is 0.496 e. The Morgan fingerprint density at radius 3 is 2.38 bits per heavy atom. The second-order valence-electron chi connectivity index (χ2n) is 7.43. The van der Waals surface area contributed by atoms with Gasteiger partial charge in [-0.25, -0.2) is 4.79 Å². The third-order valence-corrected chi connectivity index (χ3v) is 4.97. The van der Waals surface area contributed by atoms with Crippen molar-refractivity contribution in [2.45, 2.75) is 51.7 Å². The van der Waals surface area contributed by atoms with Crippen LogP contribution in [0.3, 0.4) is 0 Å². The Labute approximate surface area is 144 Å². The zero-order chi connectivity index (χ0) is 17.5. The van der Waals surface area contributed by atoms with Crippen molar-refractivity contribution in [3.63, 3.8) is 0 Å². The molecule has 24 heavy (non-hydrogen) atoms. The summed E-state index contributed by atoms with van der Waals surface area (Å²) in [6, 6.07) is 5.35. The minimum Gasteiger partial charge on any atom is -0.465 e. The molecule has 1 heterocycles. The van der Waals surface area contributed by atoms with Gasteiger partial charge in [-0.1, -0.05) is 17.9 Å². The number of hydrogen-bond donors (Lipinski definition) is 0. The van der Waals surface area contributed by atoms with E-state index in [2.05, 4.69) is 11.8 Å². The van der Waals surface area contributed by atoms with Crippen molar-refractivity contribution in [2.75, 3.05) is 7.11 Å². The zero-order valence-electron chi connectivity index (χ0n) is 14.9. The van der Waals surface area contributed by atoms with Crippen LogP contribution in [0.4, 0.5) is 0 Å². The topological polar surface area (TPSA) is 44.8 Å². The summed E-state index contributed by atoms with van der Waals surface area (Å²) in [7, 11) is 0.880. The minimum atomic E-state index is -0.495. The summed E-state index contributed by atoms with van der Waals surface area (Å²) in [5, 5.41) is 0. The van der Waals surface area contributed by atoms with Gasteiger partial charge in [0.2, 0.25) is 0 Å². The van der Waals surface area contributed by atoms with Crippen molar-refractivity contribution in [1.82, 2.24) is 0 Å². The number of methoxy groups -OCH3 is 1. The summed E-state index contributed by atoms with van der Waals surface area (Å²) in [5.41, 5.74) is 1.27. The molecular weight excluding hydrogens is 303 g/mol. The molecule has 0 unspecified atom stereocenters. The predicted octanol–water partition coefficient (Wildman–Crippen LogP) is 2.53. The first kappa shape index (κ1) is 17.1. The number of hydrogen-bond acceptors (Lipinski definition) is 4.